The predicted octanol–water partition coefficient (Wildman–Crippen LogP) is 9.75. The minimum absolute atomic E-state index is 0.851. The molecule has 0 aliphatic carbocycles. The van der Waals surface area contributed by atoms with Gasteiger partial charge in [-0.1, -0.05) is 84.9 Å². The molecule has 39 heavy (non-hydrogen) atoms. The fourth-order valence-corrected chi connectivity index (χ4v) is 5.06. The van der Waals surface area contributed by atoms with Crippen molar-refractivity contribution in [3.8, 4) is 16.9 Å². The van der Waals surface area contributed by atoms with Gasteiger partial charge in [-0.05, 0) is 71.1 Å². The van der Waals surface area contributed by atoms with Crippen molar-refractivity contribution in [3.05, 3.63) is 146 Å². The van der Waals surface area contributed by atoms with Gasteiger partial charge in [-0.3, -0.25) is 0 Å². The summed E-state index contributed by atoms with van der Waals surface area (Å²) in [7, 11) is 3.77. The minimum atomic E-state index is 0.851. The summed E-state index contributed by atoms with van der Waals surface area (Å²) in [6.45, 7) is 0. The zero-order chi connectivity index (χ0) is 26.6. The van der Waals surface area contributed by atoms with E-state index in [1.165, 1.54) is 21.9 Å². The molecule has 0 amide bonds. The van der Waals surface area contributed by atoms with Gasteiger partial charge in [0.1, 0.15) is 5.75 Å². The van der Waals surface area contributed by atoms with Crippen molar-refractivity contribution in [1.82, 2.24) is 0 Å². The third kappa shape index (κ3) is 4.95. The molecule has 6 rings (SSSR count). The van der Waals surface area contributed by atoms with E-state index < -0.39 is 0 Å². The molecule has 0 N–H and O–H groups in total. The Morgan fingerprint density at radius 2 is 1.05 bits per heavy atom. The number of benzene rings is 6. The average Bonchev–Trinajstić information content (AvgIpc) is 3.02. The normalized spacial score (nSPS) is 10.8. The lowest BCUT2D eigenvalue weighted by atomic mass is 10.0. The molecule has 190 valence electrons. The van der Waals surface area contributed by atoms with E-state index in [0.29, 0.717) is 0 Å². The van der Waals surface area contributed by atoms with Gasteiger partial charge >= 0.3 is 0 Å². The molecule has 0 aromatic heterocycles. The Labute approximate surface area is 230 Å². The zero-order valence-corrected chi connectivity index (χ0v) is 22.2. The number of anilines is 5. The molecule has 0 aliphatic heterocycles. The van der Waals surface area contributed by atoms with Gasteiger partial charge in [-0.2, -0.15) is 0 Å². The summed E-state index contributed by atoms with van der Waals surface area (Å²) in [5.74, 6) is 0.851. The van der Waals surface area contributed by atoms with Crippen LogP contribution in [0.15, 0.2) is 146 Å². The topological polar surface area (TPSA) is 15.7 Å². The van der Waals surface area contributed by atoms with Crippen LogP contribution in [0.2, 0.25) is 0 Å². The van der Waals surface area contributed by atoms with Gasteiger partial charge in [0.2, 0.25) is 0 Å². The lowest BCUT2D eigenvalue weighted by Crippen LogP contribution is -2.10. The maximum absolute atomic E-state index is 5.39. The smallest absolute Gasteiger partial charge is 0.120 e. The van der Waals surface area contributed by atoms with Crippen LogP contribution in [0.3, 0.4) is 0 Å². The predicted molar refractivity (Wildman–Crippen MR) is 165 cm³/mol. The van der Waals surface area contributed by atoms with Crippen LogP contribution in [0.5, 0.6) is 5.75 Å². The number of ether oxygens (including phenoxy) is 1. The highest BCUT2D eigenvalue weighted by Gasteiger charge is 2.15. The van der Waals surface area contributed by atoms with Crippen molar-refractivity contribution in [3.63, 3.8) is 0 Å². The Bertz CT molecular complexity index is 1690. The second-order valence-corrected chi connectivity index (χ2v) is 9.52. The molecule has 0 bridgehead atoms. The second-order valence-electron chi connectivity index (χ2n) is 9.52. The minimum Gasteiger partial charge on any atom is -0.497 e. The molecule has 3 nitrogen and oxygen atoms in total. The van der Waals surface area contributed by atoms with E-state index >= 15 is 0 Å². The van der Waals surface area contributed by atoms with Crippen LogP contribution in [0.25, 0.3) is 21.9 Å². The first-order chi connectivity index (χ1) is 19.2. The van der Waals surface area contributed by atoms with Crippen LogP contribution in [0, 0.1) is 0 Å². The third-order valence-electron chi connectivity index (χ3n) is 7.18. The Kier molecular flexibility index (Phi) is 6.71. The van der Waals surface area contributed by atoms with E-state index in [1.807, 2.05) is 18.2 Å². The van der Waals surface area contributed by atoms with E-state index in [9.17, 15) is 0 Å². The van der Waals surface area contributed by atoms with Crippen molar-refractivity contribution in [2.24, 2.45) is 0 Å². The zero-order valence-electron chi connectivity index (χ0n) is 22.2. The Hall–Kier alpha value is -5.02. The molecule has 0 fully saturated rings. The van der Waals surface area contributed by atoms with Gasteiger partial charge in [0.05, 0.1) is 12.8 Å². The first-order valence-corrected chi connectivity index (χ1v) is 13.1. The highest BCUT2D eigenvalue weighted by atomic mass is 16.5. The van der Waals surface area contributed by atoms with E-state index in [0.717, 1.165) is 34.2 Å². The fraction of sp³-hybridized carbons (Fsp3) is 0.0556. The van der Waals surface area contributed by atoms with Gasteiger partial charge in [-0.15, -0.1) is 0 Å². The Morgan fingerprint density at radius 3 is 1.77 bits per heavy atom. The summed E-state index contributed by atoms with van der Waals surface area (Å²) in [6, 6.07) is 51.2. The van der Waals surface area contributed by atoms with Gasteiger partial charge < -0.3 is 14.5 Å². The van der Waals surface area contributed by atoms with E-state index in [4.69, 9.17) is 4.74 Å². The monoisotopic (exact) mass is 506 g/mol. The van der Waals surface area contributed by atoms with Crippen molar-refractivity contribution < 1.29 is 4.74 Å². The average molecular weight is 507 g/mol. The van der Waals surface area contributed by atoms with Crippen molar-refractivity contribution in [2.45, 2.75) is 0 Å². The summed E-state index contributed by atoms with van der Waals surface area (Å²) in [5.41, 5.74) is 7.98. The van der Waals surface area contributed by atoms with Crippen LogP contribution >= 0.6 is 0 Å². The Balaban J connectivity index is 1.31. The van der Waals surface area contributed by atoms with Crippen molar-refractivity contribution in [1.29, 1.82) is 0 Å². The molecule has 0 aliphatic rings. The highest BCUT2D eigenvalue weighted by Crippen LogP contribution is 2.39. The molecule has 0 radical (unpaired) electrons. The highest BCUT2D eigenvalue weighted by molar-refractivity contribution is 5.98. The summed E-state index contributed by atoms with van der Waals surface area (Å²) < 4.78 is 5.39. The van der Waals surface area contributed by atoms with Gasteiger partial charge in [-0.25, -0.2) is 0 Å². The van der Waals surface area contributed by atoms with Crippen LogP contribution in [-0.2, 0) is 0 Å². The quantitative estimate of drug-likeness (QED) is 0.214. The molecule has 0 heterocycles. The summed E-state index contributed by atoms with van der Waals surface area (Å²) in [4.78, 5) is 4.50. The maximum atomic E-state index is 5.39. The van der Waals surface area contributed by atoms with Crippen LogP contribution < -0.4 is 14.5 Å². The molecule has 0 saturated heterocycles. The molecule has 3 heteroatoms. The molecular formula is C36H30N2O. The molecule has 0 atom stereocenters. The van der Waals surface area contributed by atoms with E-state index in [-0.39, 0.29) is 0 Å². The van der Waals surface area contributed by atoms with Gasteiger partial charge in [0, 0.05) is 41.2 Å². The number of fused-ring (bicyclic) bond motifs is 1. The lowest BCUT2D eigenvalue weighted by Gasteiger charge is -2.27. The summed E-state index contributed by atoms with van der Waals surface area (Å²) in [6.07, 6.45) is 0. The fourth-order valence-electron chi connectivity index (χ4n) is 5.06. The lowest BCUT2D eigenvalue weighted by molar-refractivity contribution is 0.415. The van der Waals surface area contributed by atoms with Gasteiger partial charge in [0.25, 0.3) is 0 Å². The number of nitrogens with zero attached hydrogens (tertiary/aromatic N) is 2. The summed E-state index contributed by atoms with van der Waals surface area (Å²) >= 11 is 0. The first kappa shape index (κ1) is 24.3. The molecule has 6 aromatic rings. The number of hydrogen-bond donors (Lipinski definition) is 0. The third-order valence-corrected chi connectivity index (χ3v) is 7.18. The molecule has 0 spiro atoms. The maximum Gasteiger partial charge on any atom is 0.120 e. The van der Waals surface area contributed by atoms with Crippen molar-refractivity contribution >= 4 is 39.2 Å². The number of rotatable bonds is 7. The van der Waals surface area contributed by atoms with Gasteiger partial charge in [0.15, 0.2) is 0 Å². The van der Waals surface area contributed by atoms with E-state index in [2.05, 4.69) is 144 Å². The standard InChI is InChI=1S/C36H30N2O/c1-37(33-14-9-15-34(26-33)39-2)30-22-18-27(19-23-30)28-20-24-32(25-21-28)38(31-12-4-3-5-13-31)36-17-8-11-29-10-6-7-16-35(29)36/h3-26H,1-2H3. The van der Waals surface area contributed by atoms with E-state index in [1.54, 1.807) is 7.11 Å². The molecular weight excluding hydrogens is 476 g/mol. The largest absolute Gasteiger partial charge is 0.497 e. The second kappa shape index (κ2) is 10.8. The SMILES string of the molecule is COc1cccc(N(C)c2ccc(-c3ccc(N(c4ccccc4)c4cccc5ccccc45)cc3)cc2)c1. The number of para-hydroxylation sites is 1. The van der Waals surface area contributed by atoms with Crippen molar-refractivity contribution in [2.75, 3.05) is 24.0 Å². The Morgan fingerprint density at radius 1 is 0.487 bits per heavy atom. The molecule has 0 unspecified atom stereocenters. The number of hydrogen-bond acceptors (Lipinski definition) is 3. The molecule has 6 aromatic carbocycles. The summed E-state index contributed by atoms with van der Waals surface area (Å²) in [5, 5.41) is 2.45. The molecule has 0 saturated carbocycles. The van der Waals surface area contributed by atoms with Crippen LogP contribution in [0.1, 0.15) is 0 Å². The number of methoxy groups -OCH3 is 1. The van der Waals surface area contributed by atoms with Crippen LogP contribution in [-0.4, -0.2) is 14.2 Å². The van der Waals surface area contributed by atoms with Crippen LogP contribution in [0.4, 0.5) is 28.4 Å². The first-order valence-electron chi connectivity index (χ1n) is 13.1.